The van der Waals surface area contributed by atoms with Crippen molar-refractivity contribution in [3.8, 4) is 0 Å². The first-order chi connectivity index (χ1) is 8.81. The average Bonchev–Trinajstić information content (AvgIpc) is 2.83. The maximum atomic E-state index is 11.8. The van der Waals surface area contributed by atoms with Crippen LogP contribution in [-0.4, -0.2) is 32.3 Å². The second kappa shape index (κ2) is 4.26. The zero-order chi connectivity index (χ0) is 12.5. The first-order valence-electron chi connectivity index (χ1n) is 5.21. The molecule has 2 heterocycles. The maximum Gasteiger partial charge on any atom is 0.279 e. The molecule has 1 aromatic carbocycles. The van der Waals surface area contributed by atoms with Crippen LogP contribution in [0.25, 0.3) is 21.8 Å². The molecule has 0 aliphatic rings. The van der Waals surface area contributed by atoms with Gasteiger partial charge >= 0.3 is 0 Å². The van der Waals surface area contributed by atoms with E-state index in [0.29, 0.717) is 11.2 Å². The number of carbonyl (C=O) groups is 1. The summed E-state index contributed by atoms with van der Waals surface area (Å²) in [5.41, 5.74) is 1.86. The Morgan fingerprint density at radius 3 is 3.11 bits per heavy atom. The predicted molar refractivity (Wildman–Crippen MR) is 70.2 cm³/mol. The topological polar surface area (TPSA) is 83.6 Å². The van der Waals surface area contributed by atoms with E-state index in [0.717, 1.165) is 16.3 Å². The summed E-state index contributed by atoms with van der Waals surface area (Å²) in [6.07, 6.45) is 4.98. The number of rotatable bonds is 2. The van der Waals surface area contributed by atoms with Gasteiger partial charge in [-0.1, -0.05) is 18.0 Å². The zero-order valence-corrected chi connectivity index (χ0v) is 10.3. The summed E-state index contributed by atoms with van der Waals surface area (Å²) in [7, 11) is 0. The minimum Gasteiger partial charge on any atom is -0.295 e. The average molecular weight is 259 g/mol. The van der Waals surface area contributed by atoms with Crippen LogP contribution in [0.2, 0.25) is 0 Å². The van der Waals surface area contributed by atoms with E-state index >= 15 is 0 Å². The molecular weight excluding hydrogens is 250 g/mol. The predicted octanol–water partition coefficient (Wildman–Crippen LogP) is 1.51. The van der Waals surface area contributed by atoms with Gasteiger partial charge in [0.25, 0.3) is 5.91 Å². The van der Waals surface area contributed by atoms with Gasteiger partial charge in [-0.3, -0.25) is 14.6 Å². The van der Waals surface area contributed by atoms with Crippen LogP contribution in [0.5, 0.6) is 0 Å². The molecule has 7 heteroatoms. The molecule has 0 bridgehead atoms. The van der Waals surface area contributed by atoms with E-state index in [1.54, 1.807) is 12.5 Å². The number of nitrogens with zero attached hydrogens (tertiary/aromatic N) is 3. The highest BCUT2D eigenvalue weighted by Crippen LogP contribution is 2.23. The quantitative estimate of drug-likeness (QED) is 0.682. The Morgan fingerprint density at radius 1 is 1.39 bits per heavy atom. The summed E-state index contributed by atoms with van der Waals surface area (Å²) >= 11 is 1.25. The summed E-state index contributed by atoms with van der Waals surface area (Å²) < 4.78 is 2.66. The van der Waals surface area contributed by atoms with E-state index in [2.05, 4.69) is 24.9 Å². The van der Waals surface area contributed by atoms with Crippen molar-refractivity contribution in [1.29, 1.82) is 0 Å². The number of benzene rings is 1. The molecule has 0 saturated carbocycles. The zero-order valence-electron chi connectivity index (χ0n) is 9.47. The lowest BCUT2D eigenvalue weighted by atomic mass is 10.1. The third-order valence-corrected chi connectivity index (χ3v) is 3.01. The minimum atomic E-state index is -0.196. The van der Waals surface area contributed by atoms with Gasteiger partial charge in [-0.05, 0) is 6.07 Å². The van der Waals surface area contributed by atoms with Crippen LogP contribution in [0.1, 0.15) is 10.5 Å². The first kappa shape index (κ1) is 11.0. The molecule has 2 N–H and O–H groups in total. The molecular formula is C11H9N5OS. The molecule has 3 rings (SSSR count). The van der Waals surface area contributed by atoms with E-state index in [9.17, 15) is 4.79 Å². The van der Waals surface area contributed by atoms with Gasteiger partial charge in [0.2, 0.25) is 0 Å². The molecule has 0 saturated heterocycles. The standard InChI is InChI=1S/C11H9N5OS/c1-18-16-11(17)10-7-3-2-6-4-12-5-13-8(6)9(7)14-15-10/h2-5H,1H3,(H,14,15)(H,16,17). The number of carbonyl (C=O) groups excluding carboxylic acids is 1. The van der Waals surface area contributed by atoms with Crippen LogP contribution < -0.4 is 4.72 Å². The summed E-state index contributed by atoms with van der Waals surface area (Å²) in [6, 6.07) is 3.73. The summed E-state index contributed by atoms with van der Waals surface area (Å²) in [4.78, 5) is 20.0. The van der Waals surface area contributed by atoms with Crippen LogP contribution >= 0.6 is 11.9 Å². The number of aromatic amines is 1. The second-order valence-electron chi connectivity index (χ2n) is 3.66. The normalized spacial score (nSPS) is 10.9. The third kappa shape index (κ3) is 1.60. The molecule has 0 aliphatic carbocycles. The molecule has 6 nitrogen and oxygen atoms in total. The van der Waals surface area contributed by atoms with E-state index < -0.39 is 0 Å². The molecule has 0 radical (unpaired) electrons. The van der Waals surface area contributed by atoms with Crippen LogP contribution in [-0.2, 0) is 0 Å². The monoisotopic (exact) mass is 259 g/mol. The van der Waals surface area contributed by atoms with Gasteiger partial charge in [0.05, 0.1) is 0 Å². The Bertz CT molecular complexity index is 738. The Balaban J connectivity index is 2.26. The van der Waals surface area contributed by atoms with Crippen molar-refractivity contribution in [2.75, 3.05) is 6.26 Å². The molecule has 0 aliphatic heterocycles. The number of hydrogen-bond donors (Lipinski definition) is 2. The van der Waals surface area contributed by atoms with Crippen LogP contribution in [0.4, 0.5) is 0 Å². The van der Waals surface area contributed by atoms with Crippen molar-refractivity contribution in [3.63, 3.8) is 0 Å². The van der Waals surface area contributed by atoms with Gasteiger partial charge in [0.15, 0.2) is 0 Å². The fourth-order valence-corrected chi connectivity index (χ4v) is 2.13. The Labute approximate surface area is 106 Å². The van der Waals surface area contributed by atoms with Crippen LogP contribution in [0.15, 0.2) is 24.7 Å². The van der Waals surface area contributed by atoms with Crippen LogP contribution in [0.3, 0.4) is 0 Å². The fourth-order valence-electron chi connectivity index (χ4n) is 1.84. The SMILES string of the molecule is CSNC(=O)c1[nH]nc2c1ccc1cncnc12. The maximum absolute atomic E-state index is 11.8. The number of hydrogen-bond acceptors (Lipinski definition) is 5. The minimum absolute atomic E-state index is 0.196. The van der Waals surface area contributed by atoms with Crippen molar-refractivity contribution in [1.82, 2.24) is 24.9 Å². The molecule has 0 fully saturated rings. The highest BCUT2D eigenvalue weighted by molar-refractivity contribution is 7.97. The van der Waals surface area contributed by atoms with E-state index in [-0.39, 0.29) is 5.91 Å². The van der Waals surface area contributed by atoms with Crippen molar-refractivity contribution in [2.24, 2.45) is 0 Å². The smallest absolute Gasteiger partial charge is 0.279 e. The molecule has 18 heavy (non-hydrogen) atoms. The van der Waals surface area contributed by atoms with E-state index in [1.165, 1.54) is 18.3 Å². The molecule has 3 aromatic rings. The lowest BCUT2D eigenvalue weighted by molar-refractivity contribution is 0.0981. The van der Waals surface area contributed by atoms with Crippen molar-refractivity contribution >= 4 is 39.7 Å². The Morgan fingerprint density at radius 2 is 2.28 bits per heavy atom. The molecule has 90 valence electrons. The van der Waals surface area contributed by atoms with Crippen LogP contribution in [0, 0.1) is 0 Å². The van der Waals surface area contributed by atoms with Gasteiger partial charge in [0.1, 0.15) is 23.1 Å². The second-order valence-corrected chi connectivity index (χ2v) is 4.27. The highest BCUT2D eigenvalue weighted by Gasteiger charge is 2.15. The number of nitrogens with one attached hydrogen (secondary N) is 2. The lowest BCUT2D eigenvalue weighted by Gasteiger charge is -1.99. The van der Waals surface area contributed by atoms with Crippen molar-refractivity contribution in [2.45, 2.75) is 0 Å². The molecule has 1 amide bonds. The molecule has 0 atom stereocenters. The molecule has 0 unspecified atom stereocenters. The van der Waals surface area contributed by atoms with E-state index in [4.69, 9.17) is 0 Å². The van der Waals surface area contributed by atoms with Gasteiger partial charge in [-0.15, -0.1) is 0 Å². The summed E-state index contributed by atoms with van der Waals surface area (Å²) in [5.74, 6) is -0.196. The Kier molecular flexibility index (Phi) is 2.60. The molecule has 2 aromatic heterocycles. The fraction of sp³-hybridized carbons (Fsp3) is 0.0909. The number of H-pyrrole nitrogens is 1. The number of fused-ring (bicyclic) bond motifs is 3. The van der Waals surface area contributed by atoms with E-state index in [1.807, 2.05) is 12.1 Å². The number of aromatic nitrogens is 4. The van der Waals surface area contributed by atoms with Crippen molar-refractivity contribution < 1.29 is 4.79 Å². The van der Waals surface area contributed by atoms with Crippen molar-refractivity contribution in [3.05, 3.63) is 30.4 Å². The highest BCUT2D eigenvalue weighted by atomic mass is 32.2. The molecule has 0 spiro atoms. The first-order valence-corrected chi connectivity index (χ1v) is 6.44. The third-order valence-electron chi connectivity index (χ3n) is 2.62. The lowest BCUT2D eigenvalue weighted by Crippen LogP contribution is -2.15. The summed E-state index contributed by atoms with van der Waals surface area (Å²) in [6.45, 7) is 0. The Hall–Kier alpha value is -2.15. The van der Waals surface area contributed by atoms with Gasteiger partial charge in [0, 0.05) is 23.2 Å². The van der Waals surface area contributed by atoms with Gasteiger partial charge in [-0.25, -0.2) is 9.97 Å². The van der Waals surface area contributed by atoms with Gasteiger partial charge in [-0.2, -0.15) is 5.10 Å². The summed E-state index contributed by atoms with van der Waals surface area (Å²) in [5, 5.41) is 8.57. The largest absolute Gasteiger partial charge is 0.295 e. The van der Waals surface area contributed by atoms with Gasteiger partial charge < -0.3 is 0 Å². The number of amides is 1.